The van der Waals surface area contributed by atoms with Gasteiger partial charge in [0.25, 0.3) is 0 Å². The Hall–Kier alpha value is -0.820. The van der Waals surface area contributed by atoms with Gasteiger partial charge in [0.2, 0.25) is 0 Å². The minimum Gasteiger partial charge on any atom is -0.317 e. The van der Waals surface area contributed by atoms with Crippen molar-refractivity contribution in [2.24, 2.45) is 11.8 Å². The second kappa shape index (κ2) is 6.70. The molecule has 2 unspecified atom stereocenters. The lowest BCUT2D eigenvalue weighted by atomic mass is 9.89. The minimum absolute atomic E-state index is 0.737. The van der Waals surface area contributed by atoms with Gasteiger partial charge in [-0.1, -0.05) is 50.6 Å². The van der Waals surface area contributed by atoms with E-state index in [0.29, 0.717) is 0 Å². The van der Waals surface area contributed by atoms with Crippen LogP contribution in [0.1, 0.15) is 31.9 Å². The summed E-state index contributed by atoms with van der Waals surface area (Å²) in [5.41, 5.74) is 2.80. The largest absolute Gasteiger partial charge is 0.317 e. The van der Waals surface area contributed by atoms with Crippen LogP contribution < -0.4 is 5.32 Å². The van der Waals surface area contributed by atoms with Crippen LogP contribution in [0, 0.1) is 18.8 Å². The third kappa shape index (κ3) is 4.36. The molecule has 1 rings (SSSR count). The van der Waals surface area contributed by atoms with Gasteiger partial charge in [0.05, 0.1) is 0 Å². The average Bonchev–Trinajstić information content (AvgIpc) is 2.29. The van der Waals surface area contributed by atoms with Gasteiger partial charge >= 0.3 is 0 Å². The maximum Gasteiger partial charge on any atom is -0.00206 e. The molecule has 2 atom stereocenters. The van der Waals surface area contributed by atoms with Crippen molar-refractivity contribution >= 4 is 0 Å². The molecular weight excluding hydrogens is 194 g/mol. The number of benzene rings is 1. The van der Waals surface area contributed by atoms with E-state index in [9.17, 15) is 0 Å². The second-order valence-electron chi connectivity index (χ2n) is 4.95. The third-order valence-corrected chi connectivity index (χ3v) is 3.37. The average molecular weight is 219 g/mol. The van der Waals surface area contributed by atoms with Gasteiger partial charge < -0.3 is 5.32 Å². The lowest BCUT2D eigenvalue weighted by molar-refractivity contribution is 0.368. The molecule has 0 bridgehead atoms. The third-order valence-electron chi connectivity index (χ3n) is 3.37. The highest BCUT2D eigenvalue weighted by Crippen LogP contribution is 2.16. The Kier molecular flexibility index (Phi) is 5.54. The van der Waals surface area contributed by atoms with Gasteiger partial charge in [0, 0.05) is 0 Å². The zero-order valence-corrected chi connectivity index (χ0v) is 11.1. The van der Waals surface area contributed by atoms with E-state index in [4.69, 9.17) is 0 Å². The molecule has 0 amide bonds. The number of hydrogen-bond acceptors (Lipinski definition) is 1. The summed E-state index contributed by atoms with van der Waals surface area (Å²) in [5, 5.41) is 3.42. The summed E-state index contributed by atoms with van der Waals surface area (Å²) < 4.78 is 0. The highest BCUT2D eigenvalue weighted by Gasteiger charge is 2.11. The Bertz CT molecular complexity index is 289. The van der Waals surface area contributed by atoms with Crippen molar-refractivity contribution in [2.45, 2.75) is 34.1 Å². The van der Waals surface area contributed by atoms with Gasteiger partial charge in [0.15, 0.2) is 0 Å². The fourth-order valence-corrected chi connectivity index (χ4v) is 1.87. The van der Waals surface area contributed by atoms with Crippen LogP contribution >= 0.6 is 0 Å². The molecule has 0 aliphatic carbocycles. The summed E-state index contributed by atoms with van der Waals surface area (Å²) in [6.45, 7) is 11.2. The smallest absolute Gasteiger partial charge is 0.00206 e. The summed E-state index contributed by atoms with van der Waals surface area (Å²) in [6, 6.07) is 8.92. The molecule has 16 heavy (non-hydrogen) atoms. The van der Waals surface area contributed by atoms with E-state index in [0.717, 1.165) is 24.9 Å². The molecular formula is C15H25N. The molecule has 0 aliphatic rings. The molecule has 90 valence electrons. The topological polar surface area (TPSA) is 12.0 Å². The quantitative estimate of drug-likeness (QED) is 0.773. The van der Waals surface area contributed by atoms with E-state index in [-0.39, 0.29) is 0 Å². The molecule has 1 N–H and O–H groups in total. The van der Waals surface area contributed by atoms with E-state index < -0.39 is 0 Å². The van der Waals surface area contributed by atoms with Crippen LogP contribution in [0.2, 0.25) is 0 Å². The van der Waals surface area contributed by atoms with Crippen LogP contribution in [-0.4, -0.2) is 13.1 Å². The summed E-state index contributed by atoms with van der Waals surface area (Å²) in [6.07, 6.45) is 1.19. The van der Waals surface area contributed by atoms with Crippen LogP contribution in [0.4, 0.5) is 0 Å². The molecule has 0 saturated carbocycles. The van der Waals surface area contributed by atoms with Gasteiger partial charge in [0.1, 0.15) is 0 Å². The first-order chi connectivity index (χ1) is 7.63. The first kappa shape index (κ1) is 13.2. The molecule has 0 aliphatic heterocycles. The minimum atomic E-state index is 0.737. The van der Waals surface area contributed by atoms with Crippen molar-refractivity contribution in [3.05, 3.63) is 35.4 Å². The highest BCUT2D eigenvalue weighted by molar-refractivity contribution is 5.21. The van der Waals surface area contributed by atoms with E-state index in [1.54, 1.807) is 0 Å². The number of nitrogens with one attached hydrogen (secondary N) is 1. The summed E-state index contributed by atoms with van der Waals surface area (Å²) in [7, 11) is 0. The number of hydrogen-bond donors (Lipinski definition) is 1. The maximum absolute atomic E-state index is 3.42. The van der Waals surface area contributed by atoms with Crippen molar-refractivity contribution in [3.8, 4) is 0 Å². The summed E-state index contributed by atoms with van der Waals surface area (Å²) >= 11 is 0. The first-order valence-corrected chi connectivity index (χ1v) is 6.39. The lowest BCUT2D eigenvalue weighted by Gasteiger charge is -2.20. The van der Waals surface area contributed by atoms with Crippen LogP contribution in [0.15, 0.2) is 24.3 Å². The van der Waals surface area contributed by atoms with Crippen molar-refractivity contribution in [3.63, 3.8) is 0 Å². The zero-order chi connectivity index (χ0) is 12.0. The van der Waals surface area contributed by atoms with Gasteiger partial charge in [-0.2, -0.15) is 0 Å². The lowest BCUT2D eigenvalue weighted by Crippen LogP contribution is -2.25. The standard InChI is InChI=1S/C15H25N/c1-5-16-11-14(4)13(3)10-15-8-6-12(2)7-9-15/h6-9,13-14,16H,5,10-11H2,1-4H3. The zero-order valence-electron chi connectivity index (χ0n) is 11.1. The first-order valence-electron chi connectivity index (χ1n) is 6.39. The number of rotatable bonds is 6. The van der Waals surface area contributed by atoms with E-state index >= 15 is 0 Å². The predicted octanol–water partition coefficient (Wildman–Crippen LogP) is 3.42. The Labute approximate surface area is 100 Å². The molecule has 0 fully saturated rings. The molecule has 0 saturated heterocycles. The molecule has 0 spiro atoms. The Morgan fingerprint density at radius 1 is 1.06 bits per heavy atom. The Morgan fingerprint density at radius 3 is 2.25 bits per heavy atom. The maximum atomic E-state index is 3.42. The van der Waals surface area contributed by atoms with Crippen LogP contribution in [0.5, 0.6) is 0 Å². The molecule has 0 heterocycles. The fraction of sp³-hybridized carbons (Fsp3) is 0.600. The predicted molar refractivity (Wildman–Crippen MR) is 71.8 cm³/mol. The summed E-state index contributed by atoms with van der Waals surface area (Å²) in [5.74, 6) is 1.48. The molecule has 0 aromatic heterocycles. The van der Waals surface area contributed by atoms with Gasteiger partial charge in [-0.05, 0) is 43.8 Å². The van der Waals surface area contributed by atoms with Crippen LogP contribution in [0.25, 0.3) is 0 Å². The van der Waals surface area contributed by atoms with Gasteiger partial charge in [-0.3, -0.25) is 0 Å². The van der Waals surface area contributed by atoms with Crippen molar-refractivity contribution in [1.29, 1.82) is 0 Å². The summed E-state index contributed by atoms with van der Waals surface area (Å²) in [4.78, 5) is 0. The van der Waals surface area contributed by atoms with Crippen LogP contribution in [0.3, 0.4) is 0 Å². The van der Waals surface area contributed by atoms with Crippen molar-refractivity contribution in [1.82, 2.24) is 5.32 Å². The SMILES string of the molecule is CCNCC(C)C(C)Cc1ccc(C)cc1. The van der Waals surface area contributed by atoms with Crippen molar-refractivity contribution in [2.75, 3.05) is 13.1 Å². The number of aryl methyl sites for hydroxylation is 1. The Morgan fingerprint density at radius 2 is 1.69 bits per heavy atom. The second-order valence-corrected chi connectivity index (χ2v) is 4.95. The molecule has 0 radical (unpaired) electrons. The van der Waals surface area contributed by atoms with Gasteiger partial charge in [-0.15, -0.1) is 0 Å². The normalized spacial score (nSPS) is 14.8. The van der Waals surface area contributed by atoms with E-state index in [1.165, 1.54) is 17.5 Å². The monoisotopic (exact) mass is 219 g/mol. The Balaban J connectivity index is 2.43. The highest BCUT2D eigenvalue weighted by atomic mass is 14.8. The van der Waals surface area contributed by atoms with E-state index in [2.05, 4.69) is 57.3 Å². The molecule has 1 aromatic rings. The fourth-order valence-electron chi connectivity index (χ4n) is 1.87. The molecule has 1 aromatic carbocycles. The van der Waals surface area contributed by atoms with Crippen LogP contribution in [-0.2, 0) is 6.42 Å². The molecule has 1 heteroatoms. The molecule has 1 nitrogen and oxygen atoms in total. The van der Waals surface area contributed by atoms with Crippen molar-refractivity contribution < 1.29 is 0 Å². The van der Waals surface area contributed by atoms with Gasteiger partial charge in [-0.25, -0.2) is 0 Å². The van der Waals surface area contributed by atoms with E-state index in [1.807, 2.05) is 0 Å².